The molecule has 0 spiro atoms. The molecule has 2 heterocycles. The van der Waals surface area contributed by atoms with Gasteiger partial charge in [-0.05, 0) is 42.7 Å². The first-order chi connectivity index (χ1) is 13.8. The lowest BCUT2D eigenvalue weighted by atomic mass is 10.0. The second-order valence-corrected chi connectivity index (χ2v) is 7.73. The van der Waals surface area contributed by atoms with Gasteiger partial charge in [0.15, 0.2) is 0 Å². The Morgan fingerprint density at radius 1 is 0.821 bits per heavy atom. The number of para-hydroxylation sites is 3. The van der Waals surface area contributed by atoms with Gasteiger partial charge in [0, 0.05) is 23.3 Å². The molecule has 0 bridgehead atoms. The number of benzene rings is 3. The molecule has 0 N–H and O–H groups in total. The molecule has 3 heteroatoms. The zero-order chi connectivity index (χ0) is 19.1. The van der Waals surface area contributed by atoms with E-state index in [0.29, 0.717) is 0 Å². The van der Waals surface area contributed by atoms with E-state index in [1.807, 2.05) is 12.1 Å². The van der Waals surface area contributed by atoms with Gasteiger partial charge in [-0.2, -0.15) is 0 Å². The Morgan fingerprint density at radius 2 is 1.57 bits per heavy atom. The summed E-state index contributed by atoms with van der Waals surface area (Å²) in [4.78, 5) is 10.0. The molecule has 28 heavy (non-hydrogen) atoms. The van der Waals surface area contributed by atoms with Crippen molar-refractivity contribution in [3.05, 3.63) is 60.2 Å². The molecule has 0 amide bonds. The van der Waals surface area contributed by atoms with Crippen molar-refractivity contribution in [2.24, 2.45) is 7.05 Å². The van der Waals surface area contributed by atoms with Crippen LogP contribution in [0.1, 0.15) is 38.2 Å². The first kappa shape index (κ1) is 17.2. The normalized spacial score (nSPS) is 11.9. The van der Waals surface area contributed by atoms with Crippen molar-refractivity contribution >= 4 is 43.9 Å². The standard InChI is InChI=1S/C25H25N3/c1-3-4-5-6-11-17-16-21-24(27-20-14-9-8-13-19(20)26-21)23-18-12-7-10-15-22(18)28(2)25(17)23/h7-10,12-16H,3-6,11H2,1-2H3. The zero-order valence-electron chi connectivity index (χ0n) is 16.6. The van der Waals surface area contributed by atoms with Gasteiger partial charge in [-0.3, -0.25) is 0 Å². The molecule has 0 aliphatic heterocycles. The Balaban J connectivity index is 1.85. The van der Waals surface area contributed by atoms with E-state index in [0.717, 1.165) is 28.5 Å². The monoisotopic (exact) mass is 367 g/mol. The van der Waals surface area contributed by atoms with Crippen LogP contribution >= 0.6 is 0 Å². The molecule has 0 aliphatic rings. The number of fused-ring (bicyclic) bond motifs is 6. The van der Waals surface area contributed by atoms with Gasteiger partial charge in [0.05, 0.1) is 27.6 Å². The average molecular weight is 367 g/mol. The van der Waals surface area contributed by atoms with Crippen LogP contribution in [0.5, 0.6) is 0 Å². The Bertz CT molecular complexity index is 1310. The summed E-state index contributed by atoms with van der Waals surface area (Å²) in [7, 11) is 2.18. The Kier molecular flexibility index (Phi) is 4.23. The Labute approximate surface area is 165 Å². The third-order valence-corrected chi connectivity index (χ3v) is 5.86. The third kappa shape index (κ3) is 2.65. The fraction of sp³-hybridized carbons (Fsp3) is 0.280. The highest BCUT2D eigenvalue weighted by Gasteiger charge is 2.17. The van der Waals surface area contributed by atoms with Gasteiger partial charge in [0.2, 0.25) is 0 Å². The Hall–Kier alpha value is -2.94. The highest BCUT2D eigenvalue weighted by Crippen LogP contribution is 2.36. The topological polar surface area (TPSA) is 30.7 Å². The third-order valence-electron chi connectivity index (χ3n) is 5.86. The summed E-state index contributed by atoms with van der Waals surface area (Å²) in [6.07, 6.45) is 6.15. The van der Waals surface area contributed by atoms with Gasteiger partial charge >= 0.3 is 0 Å². The number of unbranched alkanes of at least 4 members (excludes halogenated alkanes) is 3. The lowest BCUT2D eigenvalue weighted by molar-refractivity contribution is 0.667. The van der Waals surface area contributed by atoms with E-state index in [9.17, 15) is 0 Å². The maximum Gasteiger partial charge on any atom is 0.0994 e. The molecule has 0 unspecified atom stereocenters. The van der Waals surface area contributed by atoms with Gasteiger partial charge in [-0.1, -0.05) is 56.5 Å². The molecule has 5 aromatic rings. The van der Waals surface area contributed by atoms with Crippen molar-refractivity contribution in [1.29, 1.82) is 0 Å². The summed E-state index contributed by atoms with van der Waals surface area (Å²) < 4.78 is 2.34. The van der Waals surface area contributed by atoms with Gasteiger partial charge in [0.1, 0.15) is 0 Å². The average Bonchev–Trinajstić information content (AvgIpc) is 3.03. The highest BCUT2D eigenvalue weighted by molar-refractivity contribution is 6.20. The van der Waals surface area contributed by atoms with E-state index in [1.54, 1.807) is 0 Å². The van der Waals surface area contributed by atoms with Crippen molar-refractivity contribution in [3.63, 3.8) is 0 Å². The first-order valence-electron chi connectivity index (χ1n) is 10.3. The fourth-order valence-electron chi connectivity index (χ4n) is 4.47. The molecular weight excluding hydrogens is 342 g/mol. The van der Waals surface area contributed by atoms with Crippen LogP contribution < -0.4 is 0 Å². The van der Waals surface area contributed by atoms with E-state index < -0.39 is 0 Å². The molecule has 0 saturated heterocycles. The summed E-state index contributed by atoms with van der Waals surface area (Å²) in [5.74, 6) is 0. The molecule has 0 aliphatic carbocycles. The molecule has 3 nitrogen and oxygen atoms in total. The van der Waals surface area contributed by atoms with Crippen LogP contribution in [0.4, 0.5) is 0 Å². The molecule has 0 radical (unpaired) electrons. The van der Waals surface area contributed by atoms with Crippen molar-refractivity contribution in [1.82, 2.24) is 14.5 Å². The molecule has 0 fully saturated rings. The van der Waals surface area contributed by atoms with Gasteiger partial charge in [-0.25, -0.2) is 9.97 Å². The van der Waals surface area contributed by atoms with Crippen molar-refractivity contribution < 1.29 is 0 Å². The molecule has 140 valence electrons. The number of aryl methyl sites for hydroxylation is 2. The maximum atomic E-state index is 5.04. The SMILES string of the molecule is CCCCCCc1cc2nc3ccccc3nc2c2c3ccccc3n(C)c12. The van der Waals surface area contributed by atoms with Crippen LogP contribution in [0.2, 0.25) is 0 Å². The van der Waals surface area contributed by atoms with Crippen LogP contribution in [-0.2, 0) is 13.5 Å². The van der Waals surface area contributed by atoms with E-state index >= 15 is 0 Å². The predicted octanol–water partition coefficient (Wildman–Crippen LogP) is 6.55. The summed E-state index contributed by atoms with van der Waals surface area (Å²) >= 11 is 0. The number of rotatable bonds is 5. The lowest BCUT2D eigenvalue weighted by Crippen LogP contribution is -1.97. The number of hydrogen-bond donors (Lipinski definition) is 0. The van der Waals surface area contributed by atoms with Crippen molar-refractivity contribution in [3.8, 4) is 0 Å². The van der Waals surface area contributed by atoms with E-state index in [-0.39, 0.29) is 0 Å². The molecule has 0 atom stereocenters. The molecular formula is C25H25N3. The zero-order valence-corrected chi connectivity index (χ0v) is 16.6. The first-order valence-corrected chi connectivity index (χ1v) is 10.3. The number of aromatic nitrogens is 3. The quantitative estimate of drug-likeness (QED) is 0.260. The Morgan fingerprint density at radius 3 is 2.39 bits per heavy atom. The van der Waals surface area contributed by atoms with Crippen molar-refractivity contribution in [2.75, 3.05) is 0 Å². The molecule has 5 rings (SSSR count). The van der Waals surface area contributed by atoms with Gasteiger partial charge in [0.25, 0.3) is 0 Å². The van der Waals surface area contributed by atoms with Gasteiger partial charge in [-0.15, -0.1) is 0 Å². The predicted molar refractivity (Wildman–Crippen MR) is 119 cm³/mol. The van der Waals surface area contributed by atoms with Crippen LogP contribution in [-0.4, -0.2) is 14.5 Å². The van der Waals surface area contributed by atoms with Crippen LogP contribution in [0, 0.1) is 0 Å². The second-order valence-electron chi connectivity index (χ2n) is 7.73. The minimum Gasteiger partial charge on any atom is -0.343 e. The minimum atomic E-state index is 0.958. The number of nitrogens with zero attached hydrogens (tertiary/aromatic N) is 3. The number of hydrogen-bond acceptors (Lipinski definition) is 2. The summed E-state index contributed by atoms with van der Waals surface area (Å²) in [6.45, 7) is 2.26. The van der Waals surface area contributed by atoms with Crippen LogP contribution in [0.25, 0.3) is 43.9 Å². The van der Waals surface area contributed by atoms with E-state index in [1.165, 1.54) is 53.1 Å². The van der Waals surface area contributed by atoms with Crippen LogP contribution in [0.15, 0.2) is 54.6 Å². The van der Waals surface area contributed by atoms with E-state index in [4.69, 9.17) is 9.97 Å². The molecule has 0 saturated carbocycles. The largest absolute Gasteiger partial charge is 0.343 e. The van der Waals surface area contributed by atoms with Crippen molar-refractivity contribution in [2.45, 2.75) is 39.0 Å². The minimum absolute atomic E-state index is 0.958. The summed E-state index contributed by atoms with van der Waals surface area (Å²) in [5, 5.41) is 2.52. The summed E-state index contributed by atoms with van der Waals surface area (Å²) in [6, 6.07) is 19.1. The molecule has 2 aromatic heterocycles. The molecule has 3 aromatic carbocycles. The lowest BCUT2D eigenvalue weighted by Gasteiger charge is -2.10. The fourth-order valence-corrected chi connectivity index (χ4v) is 4.47. The van der Waals surface area contributed by atoms with E-state index in [2.05, 4.69) is 61.0 Å². The van der Waals surface area contributed by atoms with Crippen LogP contribution in [0.3, 0.4) is 0 Å². The van der Waals surface area contributed by atoms with Gasteiger partial charge < -0.3 is 4.57 Å². The highest BCUT2D eigenvalue weighted by atomic mass is 14.9. The smallest absolute Gasteiger partial charge is 0.0994 e. The second kappa shape index (κ2) is 6.90. The maximum absolute atomic E-state index is 5.04. The summed E-state index contributed by atoms with van der Waals surface area (Å²) in [5.41, 5.74) is 7.91.